The largest absolute Gasteiger partial charge is 0.378 e. The van der Waals surface area contributed by atoms with Gasteiger partial charge in [-0.2, -0.15) is 0 Å². The molecule has 1 aliphatic heterocycles. The van der Waals surface area contributed by atoms with Crippen molar-refractivity contribution in [3.05, 3.63) is 0 Å². The molecule has 1 atom stereocenters. The molecule has 0 bridgehead atoms. The Labute approximate surface area is 81.7 Å². The Bertz CT molecular complexity index is 148. The van der Waals surface area contributed by atoms with E-state index in [4.69, 9.17) is 4.74 Å². The second-order valence-corrected chi connectivity index (χ2v) is 4.32. The minimum atomic E-state index is 0.573. The Morgan fingerprint density at radius 3 is 2.69 bits per heavy atom. The van der Waals surface area contributed by atoms with Crippen molar-refractivity contribution in [2.45, 2.75) is 25.9 Å². The van der Waals surface area contributed by atoms with Gasteiger partial charge in [0.2, 0.25) is 0 Å². The number of hydrogen-bond donors (Lipinski definition) is 0. The van der Waals surface area contributed by atoms with Crippen molar-refractivity contribution in [3.8, 4) is 0 Å². The van der Waals surface area contributed by atoms with E-state index in [1.807, 2.05) is 0 Å². The third-order valence-corrected chi connectivity index (χ3v) is 2.51. The molecule has 1 fully saturated rings. The Hall–Kier alpha value is -0.120. The first-order chi connectivity index (χ1) is 6.11. The van der Waals surface area contributed by atoms with Gasteiger partial charge in [-0.15, -0.1) is 0 Å². The Balaban J connectivity index is 2.46. The number of likely N-dealkylation sites (N-methyl/N-ethyl adjacent to an activating group) is 1. The van der Waals surface area contributed by atoms with E-state index in [2.05, 4.69) is 37.7 Å². The van der Waals surface area contributed by atoms with E-state index in [9.17, 15) is 0 Å². The number of nitrogens with zero attached hydrogens (tertiary/aromatic N) is 2. The molecule has 78 valence electrons. The smallest absolute Gasteiger partial charge is 0.0635 e. The van der Waals surface area contributed by atoms with Crippen LogP contribution in [-0.2, 0) is 4.74 Å². The summed E-state index contributed by atoms with van der Waals surface area (Å²) < 4.78 is 5.50. The van der Waals surface area contributed by atoms with Gasteiger partial charge < -0.3 is 9.64 Å². The first-order valence-corrected chi connectivity index (χ1v) is 5.09. The van der Waals surface area contributed by atoms with E-state index in [1.54, 1.807) is 0 Å². The molecule has 1 aliphatic rings. The summed E-state index contributed by atoms with van der Waals surface area (Å²) in [6, 6.07) is 1.21. The van der Waals surface area contributed by atoms with Gasteiger partial charge in [0.25, 0.3) is 0 Å². The summed E-state index contributed by atoms with van der Waals surface area (Å²) in [4.78, 5) is 4.76. The van der Waals surface area contributed by atoms with Crippen LogP contribution in [0.4, 0.5) is 0 Å². The molecule has 1 unspecified atom stereocenters. The minimum absolute atomic E-state index is 0.573. The van der Waals surface area contributed by atoms with Crippen molar-refractivity contribution in [1.29, 1.82) is 0 Å². The zero-order valence-electron chi connectivity index (χ0n) is 9.29. The summed E-state index contributed by atoms with van der Waals surface area (Å²) in [5.74, 6) is 0. The fraction of sp³-hybridized carbons (Fsp3) is 1.00. The van der Waals surface area contributed by atoms with Crippen molar-refractivity contribution in [2.75, 3.05) is 40.4 Å². The lowest BCUT2D eigenvalue weighted by Crippen LogP contribution is -2.52. The average Bonchev–Trinajstić information content (AvgIpc) is 2.03. The fourth-order valence-electron chi connectivity index (χ4n) is 1.93. The van der Waals surface area contributed by atoms with Crippen molar-refractivity contribution in [3.63, 3.8) is 0 Å². The molecule has 0 aliphatic carbocycles. The van der Waals surface area contributed by atoms with Gasteiger partial charge in [0.05, 0.1) is 13.2 Å². The molecule has 0 aromatic rings. The quantitative estimate of drug-likeness (QED) is 0.644. The highest BCUT2D eigenvalue weighted by Crippen LogP contribution is 2.11. The SMILES string of the molecule is CC(C)N1CCOCC1CN(C)C. The maximum absolute atomic E-state index is 5.50. The van der Waals surface area contributed by atoms with Crippen molar-refractivity contribution < 1.29 is 4.74 Å². The highest BCUT2D eigenvalue weighted by atomic mass is 16.5. The lowest BCUT2D eigenvalue weighted by Gasteiger charge is -2.39. The fourth-order valence-corrected chi connectivity index (χ4v) is 1.93. The summed E-state index contributed by atoms with van der Waals surface area (Å²) in [6.45, 7) is 8.47. The lowest BCUT2D eigenvalue weighted by atomic mass is 10.1. The molecule has 3 heteroatoms. The Kier molecular flexibility index (Phi) is 4.16. The van der Waals surface area contributed by atoms with Crippen LogP contribution in [0.25, 0.3) is 0 Å². The number of morpholine rings is 1. The second-order valence-electron chi connectivity index (χ2n) is 4.32. The van der Waals surface area contributed by atoms with Crippen LogP contribution in [0.3, 0.4) is 0 Å². The topological polar surface area (TPSA) is 15.7 Å². The summed E-state index contributed by atoms with van der Waals surface area (Å²) in [7, 11) is 4.24. The third kappa shape index (κ3) is 3.25. The highest BCUT2D eigenvalue weighted by Gasteiger charge is 2.25. The zero-order chi connectivity index (χ0) is 9.84. The van der Waals surface area contributed by atoms with Crippen LogP contribution >= 0.6 is 0 Å². The number of rotatable bonds is 3. The molecule has 0 saturated carbocycles. The summed E-state index contributed by atoms with van der Waals surface area (Å²) >= 11 is 0. The number of hydrogen-bond acceptors (Lipinski definition) is 3. The Morgan fingerprint density at radius 2 is 2.15 bits per heavy atom. The zero-order valence-corrected chi connectivity index (χ0v) is 9.29. The van der Waals surface area contributed by atoms with Crippen LogP contribution in [0.15, 0.2) is 0 Å². The predicted molar refractivity (Wildman–Crippen MR) is 55.0 cm³/mol. The summed E-state index contributed by atoms with van der Waals surface area (Å²) in [5.41, 5.74) is 0. The Morgan fingerprint density at radius 1 is 1.46 bits per heavy atom. The van der Waals surface area contributed by atoms with Gasteiger partial charge in [-0.3, -0.25) is 4.90 Å². The van der Waals surface area contributed by atoms with E-state index in [0.717, 1.165) is 26.3 Å². The first-order valence-electron chi connectivity index (χ1n) is 5.09. The molecule has 0 N–H and O–H groups in total. The normalized spacial score (nSPS) is 25.8. The summed E-state index contributed by atoms with van der Waals surface area (Å²) in [5, 5.41) is 0. The molecule has 0 spiro atoms. The van der Waals surface area contributed by atoms with Crippen LogP contribution in [-0.4, -0.2) is 62.3 Å². The van der Waals surface area contributed by atoms with Crippen LogP contribution in [0, 0.1) is 0 Å². The van der Waals surface area contributed by atoms with Gasteiger partial charge in [0.15, 0.2) is 0 Å². The van der Waals surface area contributed by atoms with Crippen LogP contribution in [0.1, 0.15) is 13.8 Å². The molecule has 0 radical (unpaired) electrons. The van der Waals surface area contributed by atoms with Crippen LogP contribution in [0.5, 0.6) is 0 Å². The van der Waals surface area contributed by atoms with Crippen molar-refractivity contribution >= 4 is 0 Å². The molecule has 1 rings (SSSR count). The molecular formula is C10H22N2O. The van der Waals surface area contributed by atoms with E-state index < -0.39 is 0 Å². The molecule has 0 aromatic carbocycles. The van der Waals surface area contributed by atoms with Gasteiger partial charge in [-0.25, -0.2) is 0 Å². The molecule has 1 saturated heterocycles. The summed E-state index contributed by atoms with van der Waals surface area (Å²) in [6.07, 6.45) is 0. The molecular weight excluding hydrogens is 164 g/mol. The van der Waals surface area contributed by atoms with Gasteiger partial charge in [-0.05, 0) is 27.9 Å². The molecule has 0 aromatic heterocycles. The van der Waals surface area contributed by atoms with Crippen molar-refractivity contribution in [2.24, 2.45) is 0 Å². The van der Waals surface area contributed by atoms with Gasteiger partial charge in [-0.1, -0.05) is 0 Å². The minimum Gasteiger partial charge on any atom is -0.378 e. The third-order valence-electron chi connectivity index (χ3n) is 2.51. The predicted octanol–water partition coefficient (Wildman–Crippen LogP) is 0.657. The van der Waals surface area contributed by atoms with E-state index in [1.165, 1.54) is 0 Å². The average molecular weight is 186 g/mol. The molecule has 0 amide bonds. The van der Waals surface area contributed by atoms with Crippen LogP contribution < -0.4 is 0 Å². The lowest BCUT2D eigenvalue weighted by molar-refractivity contribution is -0.0295. The van der Waals surface area contributed by atoms with E-state index in [0.29, 0.717) is 12.1 Å². The van der Waals surface area contributed by atoms with Crippen LogP contribution in [0.2, 0.25) is 0 Å². The molecule has 1 heterocycles. The number of ether oxygens (including phenoxy) is 1. The maximum Gasteiger partial charge on any atom is 0.0635 e. The van der Waals surface area contributed by atoms with Crippen molar-refractivity contribution in [1.82, 2.24) is 9.80 Å². The van der Waals surface area contributed by atoms with E-state index >= 15 is 0 Å². The van der Waals surface area contributed by atoms with Gasteiger partial charge in [0, 0.05) is 25.2 Å². The first kappa shape index (κ1) is 11.0. The molecule has 3 nitrogen and oxygen atoms in total. The maximum atomic E-state index is 5.50. The van der Waals surface area contributed by atoms with Gasteiger partial charge in [0.1, 0.15) is 0 Å². The van der Waals surface area contributed by atoms with E-state index in [-0.39, 0.29) is 0 Å². The monoisotopic (exact) mass is 186 g/mol. The highest BCUT2D eigenvalue weighted by molar-refractivity contribution is 4.79. The van der Waals surface area contributed by atoms with Gasteiger partial charge >= 0.3 is 0 Å². The second kappa shape index (κ2) is 4.94. The molecule has 13 heavy (non-hydrogen) atoms. The standard InChI is InChI=1S/C10H22N2O/c1-9(2)12-5-6-13-8-10(12)7-11(3)4/h9-10H,5-8H2,1-4H3.